The van der Waals surface area contributed by atoms with Gasteiger partial charge in [-0.3, -0.25) is 22.6 Å². The number of fused-ring (bicyclic) bond motifs is 3. The van der Waals surface area contributed by atoms with E-state index < -0.39 is 68.5 Å². The van der Waals surface area contributed by atoms with Crippen molar-refractivity contribution < 1.29 is 61.7 Å². The zero-order valence-electron chi connectivity index (χ0n) is 43.6. The normalized spacial score (nSPS) is 12.8. The van der Waals surface area contributed by atoms with Gasteiger partial charge in [0.1, 0.15) is 23.1 Å². The summed E-state index contributed by atoms with van der Waals surface area (Å²) in [6.07, 6.45) is 0.0393. The number of aromatic hydroxyl groups is 1. The molecule has 0 aliphatic carbocycles. The second kappa shape index (κ2) is 25.8. The molecule has 426 valence electrons. The molecule has 0 aliphatic rings. The SMILES string of the molecule is Cc1cc(N=Nc2cc(SCCCS(=O)(=O)O)c(N=Nc3cc(OCCCS(=O)(=O)O)c(N=Nc4c(C)c(C#N)c5nc6cc(S(=O)(=O)O)cc(C)c6n5c4O)cc3C)cc2C)c(SCCCS(=O)(=O)O)cc1N=Nc1ccccc1. The lowest BCUT2D eigenvalue weighted by molar-refractivity contribution is 0.317. The van der Waals surface area contributed by atoms with E-state index in [-0.39, 0.29) is 87.8 Å². The third-order valence-corrected chi connectivity index (χ3v) is 17.3. The summed E-state index contributed by atoms with van der Waals surface area (Å²) in [6.45, 7) is 7.99. The van der Waals surface area contributed by atoms with Crippen molar-refractivity contribution in [2.24, 2.45) is 40.9 Å². The molecular weight excluding hydrogens is 1170 g/mol. The number of imidazole rings is 1. The summed E-state index contributed by atoms with van der Waals surface area (Å²) in [5.74, 6) is -1.62. The molecule has 0 bridgehead atoms. The van der Waals surface area contributed by atoms with Gasteiger partial charge < -0.3 is 9.84 Å². The zero-order valence-corrected chi connectivity index (χ0v) is 48.5. The first-order valence-electron chi connectivity index (χ1n) is 24.0. The van der Waals surface area contributed by atoms with Gasteiger partial charge in [0.25, 0.3) is 40.5 Å². The van der Waals surface area contributed by atoms with Crippen LogP contribution < -0.4 is 4.74 Å². The largest absolute Gasteiger partial charge is 0.493 e. The van der Waals surface area contributed by atoms with E-state index >= 15 is 0 Å². The number of azo groups is 4. The Hall–Kier alpha value is -7.12. The van der Waals surface area contributed by atoms with Gasteiger partial charge in [0, 0.05) is 21.4 Å². The minimum atomic E-state index is -4.65. The number of thioether (sulfide) groups is 2. The maximum atomic E-state index is 12.0. The number of aromatic nitrogens is 2. The monoisotopic (exact) mass is 1220 g/mol. The fraction of sp³-hybridized carbons (Fsp3) is 0.280. The van der Waals surface area contributed by atoms with Crippen LogP contribution in [-0.4, -0.2) is 102 Å². The molecule has 5 aromatic carbocycles. The first kappa shape index (κ1) is 61.5. The number of pyridine rings is 1. The van der Waals surface area contributed by atoms with Gasteiger partial charge in [-0.15, -0.1) is 44.0 Å². The third-order valence-electron chi connectivity index (χ3n) is 11.8. The van der Waals surface area contributed by atoms with E-state index in [0.29, 0.717) is 60.7 Å². The number of benzene rings is 5. The molecule has 25 nitrogen and oxygen atoms in total. The lowest BCUT2D eigenvalue weighted by Crippen LogP contribution is -2.08. The first-order chi connectivity index (χ1) is 38.1. The summed E-state index contributed by atoms with van der Waals surface area (Å²) in [5.41, 5.74) is 4.69. The summed E-state index contributed by atoms with van der Waals surface area (Å²) in [4.78, 5) is 5.02. The summed E-state index contributed by atoms with van der Waals surface area (Å²) in [7, 11) is -17.5. The topological polar surface area (TPSA) is 387 Å². The number of hydrogen-bond donors (Lipinski definition) is 5. The quantitative estimate of drug-likeness (QED) is 0.0162. The molecule has 7 aromatic rings. The first-order valence-corrected chi connectivity index (χ1v) is 32.3. The number of ether oxygens (including phenoxy) is 1. The molecule has 0 aliphatic heterocycles. The predicted octanol–water partition coefficient (Wildman–Crippen LogP) is 12.9. The molecule has 0 unspecified atom stereocenters. The number of nitrogens with zero attached hydrogens (tertiary/aromatic N) is 11. The lowest BCUT2D eigenvalue weighted by Gasteiger charge is -2.12. The average Bonchev–Trinajstić information content (AvgIpc) is 3.80. The Morgan fingerprint density at radius 2 is 1.06 bits per heavy atom. The minimum absolute atomic E-state index is 0.000670. The molecular formula is C50H51N11O14S6. The van der Waals surface area contributed by atoms with E-state index in [1.807, 2.05) is 31.2 Å². The van der Waals surface area contributed by atoms with Crippen molar-refractivity contribution in [3.05, 3.63) is 112 Å². The second-order valence-corrected chi connectivity index (χ2v) is 26.5. The average molecular weight is 1220 g/mol. The smallest absolute Gasteiger partial charge is 0.294 e. The minimum Gasteiger partial charge on any atom is -0.493 e. The highest BCUT2D eigenvalue weighted by Gasteiger charge is 2.24. The summed E-state index contributed by atoms with van der Waals surface area (Å²) in [6, 6.07) is 23.2. The Labute approximate surface area is 474 Å². The van der Waals surface area contributed by atoms with Gasteiger partial charge in [-0.25, -0.2) is 4.98 Å². The molecule has 0 radical (unpaired) electrons. The van der Waals surface area contributed by atoms with Crippen molar-refractivity contribution in [1.29, 1.82) is 5.26 Å². The van der Waals surface area contributed by atoms with Crippen LogP contribution in [0, 0.1) is 45.9 Å². The van der Waals surface area contributed by atoms with E-state index in [9.17, 15) is 62.3 Å². The number of rotatable bonds is 24. The van der Waals surface area contributed by atoms with Crippen LogP contribution in [0.4, 0.5) is 45.5 Å². The van der Waals surface area contributed by atoms with Gasteiger partial charge in [0.05, 0.1) is 73.9 Å². The molecule has 31 heteroatoms. The number of nitriles is 1. The Morgan fingerprint density at radius 3 is 1.58 bits per heavy atom. The van der Waals surface area contributed by atoms with Crippen molar-refractivity contribution >= 4 is 126 Å². The molecule has 0 saturated heterocycles. The Bertz CT molecular complexity index is 4230. The van der Waals surface area contributed by atoms with Crippen LogP contribution in [0.2, 0.25) is 0 Å². The van der Waals surface area contributed by atoms with E-state index in [4.69, 9.17) is 4.74 Å². The Kier molecular flexibility index (Phi) is 19.6. The van der Waals surface area contributed by atoms with Crippen molar-refractivity contribution in [2.45, 2.75) is 68.6 Å². The molecule has 0 fully saturated rings. The molecule has 7 rings (SSSR count). The molecule has 0 saturated carbocycles. The summed E-state index contributed by atoms with van der Waals surface area (Å²) < 4.78 is 138. The standard InChI is InChI=1S/C50H51N11O14S6/c1-29-21-40(57-60-47-33(5)36(28-51)49-52-43-24-35(81(72,73)74)20-32(4)48(43)61(49)50(47)62)44(75-14-9-17-78(63,64)65)25-37(29)55-58-41-23-31(3)39(27-46(41)77-16-11-19-80(69,70)71)56-59-42-22-30(2)38(54-53-34-12-7-6-8-13-34)26-45(42)76-15-10-18-79(66,67)68/h6-8,12-13,20-27,62H,9-11,14-19H2,1-5H3,(H,63,64,65)(H,66,67,68)(H,69,70,71)(H,72,73,74). The maximum absolute atomic E-state index is 12.0. The van der Waals surface area contributed by atoms with Crippen molar-refractivity contribution in [2.75, 3.05) is 35.4 Å². The predicted molar refractivity (Wildman–Crippen MR) is 305 cm³/mol. The van der Waals surface area contributed by atoms with Gasteiger partial charge in [-0.05, 0) is 142 Å². The molecule has 0 amide bonds. The van der Waals surface area contributed by atoms with Crippen LogP contribution in [0.15, 0.2) is 134 Å². The van der Waals surface area contributed by atoms with Crippen molar-refractivity contribution in [3.8, 4) is 17.7 Å². The van der Waals surface area contributed by atoms with Gasteiger partial charge in [0.2, 0.25) is 5.88 Å². The van der Waals surface area contributed by atoms with Crippen molar-refractivity contribution in [1.82, 2.24) is 9.38 Å². The van der Waals surface area contributed by atoms with E-state index in [0.717, 1.165) is 6.07 Å². The molecule has 81 heavy (non-hydrogen) atoms. The molecule has 2 heterocycles. The van der Waals surface area contributed by atoms with Gasteiger partial charge >= 0.3 is 0 Å². The Balaban J connectivity index is 1.26. The van der Waals surface area contributed by atoms with E-state index in [1.165, 1.54) is 60.0 Å². The lowest BCUT2D eigenvalue weighted by atomic mass is 10.1. The second-order valence-electron chi connectivity index (χ2n) is 18.1. The van der Waals surface area contributed by atoms with Gasteiger partial charge in [0.15, 0.2) is 11.3 Å². The van der Waals surface area contributed by atoms with Crippen LogP contribution in [-0.2, 0) is 40.5 Å². The highest BCUT2D eigenvalue weighted by molar-refractivity contribution is 7.99. The molecule has 5 N–H and O–H groups in total. The fourth-order valence-electron chi connectivity index (χ4n) is 7.80. The molecule has 0 atom stereocenters. The van der Waals surface area contributed by atoms with Crippen LogP contribution in [0.3, 0.4) is 0 Å². The van der Waals surface area contributed by atoms with Crippen LogP contribution >= 0.6 is 23.5 Å². The fourth-order valence-corrected chi connectivity index (χ4v) is 12.2. The summed E-state index contributed by atoms with van der Waals surface area (Å²) in [5, 5.41) is 57.7. The van der Waals surface area contributed by atoms with Crippen LogP contribution in [0.1, 0.15) is 52.6 Å². The van der Waals surface area contributed by atoms with Gasteiger partial charge in [-0.2, -0.15) is 59.4 Å². The molecule has 0 spiro atoms. The van der Waals surface area contributed by atoms with Gasteiger partial charge in [-0.1, -0.05) is 18.2 Å². The van der Waals surface area contributed by atoms with Crippen LogP contribution in [0.5, 0.6) is 11.6 Å². The third kappa shape index (κ3) is 16.5. The molecule has 2 aromatic heterocycles. The summed E-state index contributed by atoms with van der Waals surface area (Å²) >= 11 is 2.49. The Morgan fingerprint density at radius 1 is 0.580 bits per heavy atom. The van der Waals surface area contributed by atoms with Crippen molar-refractivity contribution in [3.63, 3.8) is 0 Å². The van der Waals surface area contributed by atoms with E-state index in [1.54, 1.807) is 50.2 Å². The number of aryl methyl sites for hydroxylation is 4. The highest BCUT2D eigenvalue weighted by atomic mass is 32.2. The van der Waals surface area contributed by atoms with Crippen LogP contribution in [0.25, 0.3) is 16.7 Å². The highest BCUT2D eigenvalue weighted by Crippen LogP contribution is 2.44. The van der Waals surface area contributed by atoms with E-state index in [2.05, 4.69) is 45.9 Å². The zero-order chi connectivity index (χ0) is 59.0. The number of hydrogen-bond acceptors (Lipinski definition) is 22. The maximum Gasteiger partial charge on any atom is 0.294 e.